The number of anilines is 1. The summed E-state index contributed by atoms with van der Waals surface area (Å²) >= 11 is 8.34. The monoisotopic (exact) mass is 403 g/mol. The minimum Gasteiger partial charge on any atom is -0.338 e. The summed E-state index contributed by atoms with van der Waals surface area (Å²) in [6, 6.07) is 5.78. The number of rotatable bonds is 2. The highest BCUT2D eigenvalue weighted by molar-refractivity contribution is 14.1. The van der Waals surface area contributed by atoms with Crippen LogP contribution in [0.3, 0.4) is 0 Å². The molecule has 0 spiro atoms. The second-order valence-corrected chi connectivity index (χ2v) is 6.30. The van der Waals surface area contributed by atoms with Crippen molar-refractivity contribution in [2.45, 2.75) is 6.42 Å². The van der Waals surface area contributed by atoms with Crippen LogP contribution in [0.2, 0.25) is 5.02 Å². The van der Waals surface area contributed by atoms with Gasteiger partial charge in [-0.3, -0.25) is 5.10 Å². The maximum absolute atomic E-state index is 6.06. The fourth-order valence-corrected chi connectivity index (χ4v) is 3.00. The Kier molecular flexibility index (Phi) is 4.42. The molecule has 2 heterocycles. The molecule has 0 atom stereocenters. The van der Waals surface area contributed by atoms with Crippen LogP contribution in [-0.2, 0) is 0 Å². The Bertz CT molecular complexity index is 592. The topological polar surface area (TPSA) is 56.8 Å². The van der Waals surface area contributed by atoms with E-state index in [1.807, 2.05) is 18.2 Å². The van der Waals surface area contributed by atoms with E-state index in [-0.39, 0.29) is 0 Å². The van der Waals surface area contributed by atoms with Crippen molar-refractivity contribution in [2.75, 3.05) is 31.1 Å². The number of nitrogens with one attached hydrogen (secondary N) is 2. The van der Waals surface area contributed by atoms with E-state index in [0.29, 0.717) is 5.02 Å². The molecule has 1 aromatic heterocycles. The zero-order valence-electron chi connectivity index (χ0n) is 10.9. The van der Waals surface area contributed by atoms with E-state index in [0.717, 1.165) is 53.5 Å². The normalized spacial score (nSPS) is 16.2. The fourth-order valence-electron chi connectivity index (χ4n) is 2.24. The largest absolute Gasteiger partial charge is 0.338 e. The summed E-state index contributed by atoms with van der Waals surface area (Å²) in [7, 11) is 0. The van der Waals surface area contributed by atoms with E-state index < -0.39 is 0 Å². The SMILES string of the molecule is Clc1ccc(I)c(-c2nc(N3CCCNCC3)n[nH]2)c1. The predicted octanol–water partition coefficient (Wildman–Crippen LogP) is 2.53. The number of halogens is 2. The van der Waals surface area contributed by atoms with Gasteiger partial charge in [-0.25, -0.2) is 0 Å². The third kappa shape index (κ3) is 3.07. The molecule has 0 radical (unpaired) electrons. The van der Waals surface area contributed by atoms with Crippen LogP contribution < -0.4 is 10.2 Å². The zero-order chi connectivity index (χ0) is 13.9. The average molecular weight is 404 g/mol. The highest BCUT2D eigenvalue weighted by Crippen LogP contribution is 2.26. The average Bonchev–Trinajstić information content (AvgIpc) is 2.77. The Balaban J connectivity index is 1.87. The van der Waals surface area contributed by atoms with Crippen LogP contribution in [0.5, 0.6) is 0 Å². The number of hydrogen-bond acceptors (Lipinski definition) is 4. The summed E-state index contributed by atoms with van der Waals surface area (Å²) in [5.41, 5.74) is 0.991. The molecule has 1 saturated heterocycles. The van der Waals surface area contributed by atoms with Gasteiger partial charge in [0.05, 0.1) is 0 Å². The van der Waals surface area contributed by atoms with Gasteiger partial charge >= 0.3 is 0 Å². The lowest BCUT2D eigenvalue weighted by molar-refractivity contribution is 0.724. The lowest BCUT2D eigenvalue weighted by Gasteiger charge is -2.16. The second-order valence-electron chi connectivity index (χ2n) is 4.70. The Labute approximate surface area is 136 Å². The second kappa shape index (κ2) is 6.28. The number of aromatic nitrogens is 3. The minimum atomic E-state index is 0.706. The highest BCUT2D eigenvalue weighted by Gasteiger charge is 2.16. The van der Waals surface area contributed by atoms with Crippen molar-refractivity contribution in [1.82, 2.24) is 20.5 Å². The van der Waals surface area contributed by atoms with E-state index in [2.05, 4.69) is 48.0 Å². The van der Waals surface area contributed by atoms with Gasteiger partial charge < -0.3 is 10.2 Å². The number of benzene rings is 1. The molecule has 2 aromatic rings. The Morgan fingerprint density at radius 2 is 2.15 bits per heavy atom. The van der Waals surface area contributed by atoms with Gasteiger partial charge in [-0.15, -0.1) is 5.10 Å². The summed E-state index contributed by atoms with van der Waals surface area (Å²) in [5, 5.41) is 11.4. The van der Waals surface area contributed by atoms with E-state index in [1.165, 1.54) is 0 Å². The van der Waals surface area contributed by atoms with Gasteiger partial charge in [0.1, 0.15) is 0 Å². The van der Waals surface area contributed by atoms with Gasteiger partial charge in [-0.05, 0) is 53.8 Å². The molecule has 1 aliphatic heterocycles. The molecule has 3 rings (SSSR count). The molecule has 5 nitrogen and oxygen atoms in total. The molecule has 1 aliphatic rings. The van der Waals surface area contributed by atoms with Crippen LogP contribution in [-0.4, -0.2) is 41.4 Å². The molecule has 0 saturated carbocycles. The first-order chi connectivity index (χ1) is 9.74. The van der Waals surface area contributed by atoms with Crippen molar-refractivity contribution in [3.05, 3.63) is 26.8 Å². The van der Waals surface area contributed by atoms with Crippen molar-refractivity contribution in [3.8, 4) is 11.4 Å². The first-order valence-corrected chi connectivity index (χ1v) is 8.03. The summed E-state index contributed by atoms with van der Waals surface area (Å²) in [4.78, 5) is 6.82. The molecule has 20 heavy (non-hydrogen) atoms. The first kappa shape index (κ1) is 14.1. The van der Waals surface area contributed by atoms with Gasteiger partial charge in [-0.1, -0.05) is 11.6 Å². The van der Waals surface area contributed by atoms with Crippen LogP contribution in [0.25, 0.3) is 11.4 Å². The van der Waals surface area contributed by atoms with Gasteiger partial charge in [0.15, 0.2) is 5.82 Å². The molecule has 0 aliphatic carbocycles. The fraction of sp³-hybridized carbons (Fsp3) is 0.385. The summed E-state index contributed by atoms with van der Waals surface area (Å²) < 4.78 is 1.10. The maximum atomic E-state index is 6.06. The molecule has 106 valence electrons. The lowest BCUT2D eigenvalue weighted by Crippen LogP contribution is -2.28. The summed E-state index contributed by atoms with van der Waals surface area (Å²) in [6.45, 7) is 3.94. The minimum absolute atomic E-state index is 0.706. The molecule has 1 aromatic carbocycles. The molecular weight excluding hydrogens is 389 g/mol. The molecule has 2 N–H and O–H groups in total. The predicted molar refractivity (Wildman–Crippen MR) is 89.2 cm³/mol. The number of hydrogen-bond donors (Lipinski definition) is 2. The molecule has 0 bridgehead atoms. The third-order valence-corrected chi connectivity index (χ3v) is 4.46. The number of aromatic amines is 1. The number of H-pyrrole nitrogens is 1. The zero-order valence-corrected chi connectivity index (χ0v) is 13.8. The summed E-state index contributed by atoms with van der Waals surface area (Å²) in [6.07, 6.45) is 1.11. The molecule has 7 heteroatoms. The first-order valence-electron chi connectivity index (χ1n) is 6.57. The van der Waals surface area contributed by atoms with Crippen molar-refractivity contribution in [1.29, 1.82) is 0 Å². The Morgan fingerprint density at radius 1 is 1.25 bits per heavy atom. The molecule has 1 fully saturated rings. The van der Waals surface area contributed by atoms with E-state index >= 15 is 0 Å². The van der Waals surface area contributed by atoms with Crippen LogP contribution in [0.4, 0.5) is 5.95 Å². The van der Waals surface area contributed by atoms with Gasteiger partial charge in [0, 0.05) is 33.8 Å². The summed E-state index contributed by atoms with van der Waals surface area (Å²) in [5.74, 6) is 1.53. The van der Waals surface area contributed by atoms with Crippen molar-refractivity contribution < 1.29 is 0 Å². The van der Waals surface area contributed by atoms with Crippen LogP contribution in [0.1, 0.15) is 6.42 Å². The van der Waals surface area contributed by atoms with Crippen LogP contribution >= 0.6 is 34.2 Å². The van der Waals surface area contributed by atoms with Gasteiger partial charge in [0.2, 0.25) is 5.95 Å². The van der Waals surface area contributed by atoms with Crippen LogP contribution in [0.15, 0.2) is 18.2 Å². The quantitative estimate of drug-likeness (QED) is 0.757. The van der Waals surface area contributed by atoms with Crippen molar-refractivity contribution >= 4 is 40.1 Å². The molecule has 0 unspecified atom stereocenters. The lowest BCUT2D eigenvalue weighted by atomic mass is 10.2. The Hall–Kier alpha value is -0.860. The van der Waals surface area contributed by atoms with Crippen molar-refractivity contribution in [2.24, 2.45) is 0 Å². The highest BCUT2D eigenvalue weighted by atomic mass is 127. The van der Waals surface area contributed by atoms with Gasteiger partial charge in [-0.2, -0.15) is 4.98 Å². The standard InChI is InChI=1S/C13H15ClIN5/c14-9-2-3-11(15)10(8-9)12-17-13(19-18-12)20-6-1-4-16-5-7-20/h2-3,8,16H,1,4-7H2,(H,17,18,19). The van der Waals surface area contributed by atoms with Crippen LogP contribution in [0, 0.1) is 3.57 Å². The third-order valence-electron chi connectivity index (χ3n) is 3.28. The number of nitrogens with zero attached hydrogens (tertiary/aromatic N) is 3. The smallest absolute Gasteiger partial charge is 0.245 e. The maximum Gasteiger partial charge on any atom is 0.245 e. The van der Waals surface area contributed by atoms with Crippen molar-refractivity contribution in [3.63, 3.8) is 0 Å². The molecular formula is C13H15ClIN5. The van der Waals surface area contributed by atoms with E-state index in [1.54, 1.807) is 0 Å². The molecule has 0 amide bonds. The van der Waals surface area contributed by atoms with E-state index in [9.17, 15) is 0 Å². The Morgan fingerprint density at radius 3 is 3.05 bits per heavy atom. The van der Waals surface area contributed by atoms with E-state index in [4.69, 9.17) is 11.6 Å². The van der Waals surface area contributed by atoms with Gasteiger partial charge in [0.25, 0.3) is 0 Å².